The summed E-state index contributed by atoms with van der Waals surface area (Å²) in [4.78, 5) is 11.8. The van der Waals surface area contributed by atoms with Crippen molar-refractivity contribution in [3.8, 4) is 0 Å². The maximum absolute atomic E-state index is 12.0. The first kappa shape index (κ1) is 16.7. The summed E-state index contributed by atoms with van der Waals surface area (Å²) >= 11 is 0. The molecule has 20 heavy (non-hydrogen) atoms. The Morgan fingerprint density at radius 2 is 1.65 bits per heavy atom. The third-order valence-electron chi connectivity index (χ3n) is 2.72. The van der Waals surface area contributed by atoms with E-state index in [1.165, 1.54) is 0 Å². The van der Waals surface area contributed by atoms with E-state index >= 15 is 0 Å². The monoisotopic (exact) mass is 298 g/mol. The molecule has 0 radical (unpaired) electrons. The predicted octanol–water partition coefficient (Wildman–Crippen LogP) is 1.44. The molecule has 0 saturated carbocycles. The van der Waals surface area contributed by atoms with Crippen molar-refractivity contribution in [3.63, 3.8) is 0 Å². The smallest absolute Gasteiger partial charge is 0.240 e. The zero-order valence-corrected chi connectivity index (χ0v) is 13.2. The molecule has 0 fully saturated rings. The SMILES string of the molecule is Cc1ccc(S(=O)(=O)NCCNC(=O)C(C)(C)C)cc1. The summed E-state index contributed by atoms with van der Waals surface area (Å²) in [5, 5.41) is 2.69. The van der Waals surface area contributed by atoms with E-state index in [1.54, 1.807) is 45.0 Å². The molecule has 0 spiro atoms. The van der Waals surface area contributed by atoms with Crippen molar-refractivity contribution in [1.82, 2.24) is 10.0 Å². The topological polar surface area (TPSA) is 75.3 Å². The minimum absolute atomic E-state index is 0.105. The number of rotatable bonds is 5. The molecule has 0 bridgehead atoms. The Morgan fingerprint density at radius 1 is 1.10 bits per heavy atom. The van der Waals surface area contributed by atoms with E-state index in [0.717, 1.165) is 5.56 Å². The Hall–Kier alpha value is -1.40. The third-order valence-corrected chi connectivity index (χ3v) is 4.19. The second-order valence-electron chi connectivity index (χ2n) is 5.72. The average Bonchev–Trinajstić information content (AvgIpc) is 2.33. The lowest BCUT2D eigenvalue weighted by atomic mass is 9.96. The molecule has 1 rings (SSSR count). The first-order valence-electron chi connectivity index (χ1n) is 6.47. The lowest BCUT2D eigenvalue weighted by molar-refractivity contribution is -0.128. The molecule has 0 unspecified atom stereocenters. The maximum Gasteiger partial charge on any atom is 0.240 e. The van der Waals surface area contributed by atoms with Gasteiger partial charge in [-0.15, -0.1) is 0 Å². The zero-order valence-electron chi connectivity index (χ0n) is 12.4. The van der Waals surface area contributed by atoms with Gasteiger partial charge in [-0.25, -0.2) is 13.1 Å². The molecule has 0 aliphatic carbocycles. The fraction of sp³-hybridized carbons (Fsp3) is 0.500. The molecule has 0 heterocycles. The molecule has 0 saturated heterocycles. The van der Waals surface area contributed by atoms with Gasteiger partial charge in [0.2, 0.25) is 15.9 Å². The quantitative estimate of drug-likeness (QED) is 0.808. The molecule has 0 aliphatic heterocycles. The Labute approximate surface area is 120 Å². The lowest BCUT2D eigenvalue weighted by Gasteiger charge is -2.17. The fourth-order valence-corrected chi connectivity index (χ4v) is 2.46. The number of aryl methyl sites for hydroxylation is 1. The zero-order chi connectivity index (χ0) is 15.4. The molecule has 112 valence electrons. The number of hydrogen-bond acceptors (Lipinski definition) is 3. The molecule has 2 N–H and O–H groups in total. The normalized spacial score (nSPS) is 12.2. The molecular weight excluding hydrogens is 276 g/mol. The van der Waals surface area contributed by atoms with E-state index < -0.39 is 15.4 Å². The first-order chi connectivity index (χ1) is 9.13. The summed E-state index contributed by atoms with van der Waals surface area (Å²) in [5.41, 5.74) is 0.525. The number of sulfonamides is 1. The van der Waals surface area contributed by atoms with Crippen LogP contribution in [0.2, 0.25) is 0 Å². The second-order valence-corrected chi connectivity index (χ2v) is 7.48. The first-order valence-corrected chi connectivity index (χ1v) is 7.96. The van der Waals surface area contributed by atoms with Gasteiger partial charge < -0.3 is 5.32 Å². The van der Waals surface area contributed by atoms with Crippen molar-refractivity contribution in [2.45, 2.75) is 32.6 Å². The van der Waals surface area contributed by atoms with Crippen LogP contribution in [0.4, 0.5) is 0 Å². The number of carbonyl (C=O) groups is 1. The second kappa shape index (κ2) is 6.37. The van der Waals surface area contributed by atoms with E-state index in [0.29, 0.717) is 0 Å². The summed E-state index contributed by atoms with van der Waals surface area (Å²) in [6, 6.07) is 6.61. The van der Waals surface area contributed by atoms with Crippen LogP contribution in [-0.4, -0.2) is 27.4 Å². The van der Waals surface area contributed by atoms with E-state index in [9.17, 15) is 13.2 Å². The van der Waals surface area contributed by atoms with Gasteiger partial charge in [0.25, 0.3) is 0 Å². The highest BCUT2D eigenvalue weighted by Crippen LogP contribution is 2.12. The molecule has 0 aliphatic rings. The van der Waals surface area contributed by atoms with E-state index in [-0.39, 0.29) is 23.9 Å². The van der Waals surface area contributed by atoms with Crippen molar-refractivity contribution < 1.29 is 13.2 Å². The maximum atomic E-state index is 12.0. The Kier molecular flexibility index (Phi) is 5.30. The van der Waals surface area contributed by atoms with Gasteiger partial charge in [-0.1, -0.05) is 38.5 Å². The van der Waals surface area contributed by atoms with Gasteiger partial charge in [0, 0.05) is 18.5 Å². The average molecular weight is 298 g/mol. The van der Waals surface area contributed by atoms with Crippen LogP contribution >= 0.6 is 0 Å². The lowest BCUT2D eigenvalue weighted by Crippen LogP contribution is -2.39. The summed E-state index contributed by atoms with van der Waals surface area (Å²) in [7, 11) is -3.51. The molecule has 1 aromatic rings. The highest BCUT2D eigenvalue weighted by atomic mass is 32.2. The van der Waals surface area contributed by atoms with Crippen LogP contribution < -0.4 is 10.0 Å². The standard InChI is InChI=1S/C14H22N2O3S/c1-11-5-7-12(8-6-11)20(18,19)16-10-9-15-13(17)14(2,3)4/h5-8,16H,9-10H2,1-4H3,(H,15,17). The molecule has 0 atom stereocenters. The van der Waals surface area contributed by atoms with E-state index in [1.807, 2.05) is 6.92 Å². The predicted molar refractivity (Wildman–Crippen MR) is 78.8 cm³/mol. The van der Waals surface area contributed by atoms with Crippen LogP contribution in [0.1, 0.15) is 26.3 Å². The number of carbonyl (C=O) groups excluding carboxylic acids is 1. The van der Waals surface area contributed by atoms with E-state index in [4.69, 9.17) is 0 Å². The Balaban J connectivity index is 2.49. The van der Waals surface area contributed by atoms with Crippen LogP contribution in [0.5, 0.6) is 0 Å². The van der Waals surface area contributed by atoms with Crippen molar-refractivity contribution in [1.29, 1.82) is 0 Å². The van der Waals surface area contributed by atoms with Gasteiger partial charge in [-0.3, -0.25) is 4.79 Å². The van der Waals surface area contributed by atoms with Crippen LogP contribution in [0.25, 0.3) is 0 Å². The minimum atomic E-state index is -3.51. The van der Waals surface area contributed by atoms with Crippen LogP contribution in [0.3, 0.4) is 0 Å². The Bertz CT molecular complexity index is 557. The van der Waals surface area contributed by atoms with Gasteiger partial charge in [-0.05, 0) is 19.1 Å². The van der Waals surface area contributed by atoms with Crippen LogP contribution in [0.15, 0.2) is 29.2 Å². The summed E-state index contributed by atoms with van der Waals surface area (Å²) in [5.74, 6) is -0.105. The largest absolute Gasteiger partial charge is 0.354 e. The van der Waals surface area contributed by atoms with Crippen molar-refractivity contribution in [3.05, 3.63) is 29.8 Å². The van der Waals surface area contributed by atoms with Gasteiger partial charge in [-0.2, -0.15) is 0 Å². The number of nitrogens with one attached hydrogen (secondary N) is 2. The minimum Gasteiger partial charge on any atom is -0.354 e. The van der Waals surface area contributed by atoms with Gasteiger partial charge in [0.1, 0.15) is 0 Å². The van der Waals surface area contributed by atoms with Crippen molar-refractivity contribution >= 4 is 15.9 Å². The van der Waals surface area contributed by atoms with E-state index in [2.05, 4.69) is 10.0 Å². The summed E-state index contributed by atoms with van der Waals surface area (Å²) in [6.45, 7) is 7.74. The summed E-state index contributed by atoms with van der Waals surface area (Å²) in [6.07, 6.45) is 0. The van der Waals surface area contributed by atoms with Gasteiger partial charge in [0.15, 0.2) is 0 Å². The number of benzene rings is 1. The molecule has 1 amide bonds. The highest BCUT2D eigenvalue weighted by Gasteiger charge is 2.20. The molecule has 5 nitrogen and oxygen atoms in total. The molecule has 0 aromatic heterocycles. The Morgan fingerprint density at radius 3 is 2.15 bits per heavy atom. The molecule has 1 aromatic carbocycles. The van der Waals surface area contributed by atoms with Crippen molar-refractivity contribution in [2.75, 3.05) is 13.1 Å². The van der Waals surface area contributed by atoms with Gasteiger partial charge in [0.05, 0.1) is 4.90 Å². The van der Waals surface area contributed by atoms with Crippen LogP contribution in [-0.2, 0) is 14.8 Å². The van der Waals surface area contributed by atoms with Crippen LogP contribution in [0, 0.1) is 12.3 Å². The molecular formula is C14H22N2O3S. The number of amides is 1. The molecule has 6 heteroatoms. The third kappa shape index (κ3) is 4.94. The highest BCUT2D eigenvalue weighted by molar-refractivity contribution is 7.89. The summed E-state index contributed by atoms with van der Waals surface area (Å²) < 4.78 is 26.4. The van der Waals surface area contributed by atoms with Crippen molar-refractivity contribution in [2.24, 2.45) is 5.41 Å². The number of hydrogen-bond donors (Lipinski definition) is 2. The van der Waals surface area contributed by atoms with Gasteiger partial charge >= 0.3 is 0 Å². The fourth-order valence-electron chi connectivity index (χ4n) is 1.43.